The molecule has 1 N–H and O–H groups in total. The number of hydrogen-bond acceptors (Lipinski definition) is 5. The van der Waals surface area contributed by atoms with E-state index in [0.717, 1.165) is 22.1 Å². The van der Waals surface area contributed by atoms with Crippen LogP contribution in [-0.4, -0.2) is 15.7 Å². The Morgan fingerprint density at radius 2 is 2.12 bits per heavy atom. The fourth-order valence-corrected chi connectivity index (χ4v) is 1.82. The van der Waals surface area contributed by atoms with Crippen molar-refractivity contribution in [2.45, 2.75) is 13.8 Å². The molecule has 2 rings (SSSR count). The van der Waals surface area contributed by atoms with Crippen LogP contribution in [0.25, 0.3) is 0 Å². The van der Waals surface area contributed by atoms with Crippen molar-refractivity contribution < 1.29 is 0 Å². The second-order valence-electron chi connectivity index (χ2n) is 3.34. The summed E-state index contributed by atoms with van der Waals surface area (Å²) in [5.74, 6) is 0. The lowest BCUT2D eigenvalue weighted by Gasteiger charge is -1.99. The van der Waals surface area contributed by atoms with Crippen LogP contribution in [0.2, 0.25) is 0 Å². The van der Waals surface area contributed by atoms with Crippen LogP contribution in [0, 0.1) is 6.92 Å². The van der Waals surface area contributed by atoms with Gasteiger partial charge in [-0.2, -0.15) is 5.10 Å². The van der Waals surface area contributed by atoms with Crippen LogP contribution in [0.15, 0.2) is 35.0 Å². The highest BCUT2D eigenvalue weighted by molar-refractivity contribution is 7.13. The van der Waals surface area contributed by atoms with Crippen LogP contribution < -0.4 is 5.43 Å². The van der Waals surface area contributed by atoms with Gasteiger partial charge in [0.2, 0.25) is 5.13 Å². The van der Waals surface area contributed by atoms with E-state index in [1.165, 1.54) is 0 Å². The number of aryl methyl sites for hydroxylation is 1. The molecule has 0 aromatic carbocycles. The molecule has 0 unspecified atom stereocenters. The van der Waals surface area contributed by atoms with Gasteiger partial charge in [-0.05, 0) is 26.0 Å². The molecule has 0 aliphatic heterocycles. The maximum atomic E-state index is 4.26. The van der Waals surface area contributed by atoms with Crippen molar-refractivity contribution in [1.29, 1.82) is 0 Å². The Morgan fingerprint density at radius 1 is 1.38 bits per heavy atom. The second-order valence-corrected chi connectivity index (χ2v) is 4.20. The Hall–Kier alpha value is -1.75. The molecule has 4 nitrogen and oxygen atoms in total. The zero-order chi connectivity index (χ0) is 11.4. The molecule has 2 aromatic heterocycles. The maximum absolute atomic E-state index is 4.26. The first-order chi connectivity index (χ1) is 7.75. The summed E-state index contributed by atoms with van der Waals surface area (Å²) in [6, 6.07) is 3.85. The van der Waals surface area contributed by atoms with E-state index in [1.807, 2.05) is 31.4 Å². The van der Waals surface area contributed by atoms with Gasteiger partial charge < -0.3 is 0 Å². The zero-order valence-electron chi connectivity index (χ0n) is 9.14. The van der Waals surface area contributed by atoms with Crippen molar-refractivity contribution in [1.82, 2.24) is 9.97 Å². The molecule has 0 bridgehead atoms. The Kier molecular flexibility index (Phi) is 3.26. The molecule has 0 saturated carbocycles. The summed E-state index contributed by atoms with van der Waals surface area (Å²) >= 11 is 1.55. The Morgan fingerprint density at radius 3 is 2.75 bits per heavy atom. The summed E-state index contributed by atoms with van der Waals surface area (Å²) in [5, 5.41) is 7.06. The third kappa shape index (κ3) is 2.64. The predicted molar refractivity (Wildman–Crippen MR) is 66.9 cm³/mol. The maximum Gasteiger partial charge on any atom is 0.203 e. The average molecular weight is 232 g/mol. The van der Waals surface area contributed by atoms with E-state index in [4.69, 9.17) is 0 Å². The van der Waals surface area contributed by atoms with Gasteiger partial charge in [-0.25, -0.2) is 4.98 Å². The number of hydrogen-bond donors (Lipinski definition) is 1. The van der Waals surface area contributed by atoms with Crippen LogP contribution in [0.4, 0.5) is 5.13 Å². The highest BCUT2D eigenvalue weighted by atomic mass is 32.1. The molecule has 0 radical (unpaired) electrons. The molecule has 2 heterocycles. The Balaban J connectivity index is 2.08. The van der Waals surface area contributed by atoms with E-state index in [-0.39, 0.29) is 0 Å². The molecule has 2 aromatic rings. The van der Waals surface area contributed by atoms with Crippen molar-refractivity contribution in [3.63, 3.8) is 0 Å². The highest BCUT2D eigenvalue weighted by Gasteiger charge is 1.98. The number of rotatable bonds is 3. The number of anilines is 1. The summed E-state index contributed by atoms with van der Waals surface area (Å²) in [4.78, 5) is 8.23. The van der Waals surface area contributed by atoms with Gasteiger partial charge in [0, 0.05) is 23.3 Å². The molecule has 0 atom stereocenters. The minimum absolute atomic E-state index is 0.811. The normalized spacial score (nSPS) is 11.5. The van der Waals surface area contributed by atoms with Crippen molar-refractivity contribution in [3.8, 4) is 0 Å². The number of nitrogens with one attached hydrogen (secondary N) is 1. The monoisotopic (exact) mass is 232 g/mol. The fraction of sp³-hybridized carbons (Fsp3) is 0.182. The lowest BCUT2D eigenvalue weighted by atomic mass is 10.2. The van der Waals surface area contributed by atoms with E-state index >= 15 is 0 Å². The SMILES string of the molecule is C/C(=N/Nc1nc(C)cs1)c1ccncc1. The Bertz CT molecular complexity index is 490. The Labute approximate surface area is 98.1 Å². The molecule has 0 amide bonds. The van der Waals surface area contributed by atoms with Gasteiger partial charge >= 0.3 is 0 Å². The van der Waals surface area contributed by atoms with E-state index in [2.05, 4.69) is 20.5 Å². The van der Waals surface area contributed by atoms with E-state index in [0.29, 0.717) is 0 Å². The molecule has 0 saturated heterocycles. The van der Waals surface area contributed by atoms with Crippen LogP contribution in [-0.2, 0) is 0 Å². The minimum Gasteiger partial charge on any atom is -0.265 e. The summed E-state index contributed by atoms with van der Waals surface area (Å²) in [5.41, 5.74) is 5.91. The zero-order valence-corrected chi connectivity index (χ0v) is 9.95. The summed E-state index contributed by atoms with van der Waals surface area (Å²) in [7, 11) is 0. The van der Waals surface area contributed by atoms with Gasteiger partial charge in [0.1, 0.15) is 0 Å². The molecule has 5 heteroatoms. The van der Waals surface area contributed by atoms with Crippen molar-refractivity contribution in [2.24, 2.45) is 5.10 Å². The van der Waals surface area contributed by atoms with E-state index < -0.39 is 0 Å². The van der Waals surface area contributed by atoms with Gasteiger partial charge in [0.25, 0.3) is 0 Å². The second kappa shape index (κ2) is 4.85. The first kappa shape index (κ1) is 10.8. The van der Waals surface area contributed by atoms with Gasteiger partial charge in [0.05, 0.1) is 11.4 Å². The van der Waals surface area contributed by atoms with Crippen molar-refractivity contribution in [2.75, 3.05) is 5.43 Å². The van der Waals surface area contributed by atoms with Crippen molar-refractivity contribution >= 4 is 22.2 Å². The predicted octanol–water partition coefficient (Wildman–Crippen LogP) is 2.68. The summed E-state index contributed by atoms with van der Waals surface area (Å²) in [6.45, 7) is 3.91. The first-order valence-corrected chi connectivity index (χ1v) is 5.76. The van der Waals surface area contributed by atoms with Crippen LogP contribution >= 0.6 is 11.3 Å². The number of nitrogens with zero attached hydrogens (tertiary/aromatic N) is 3. The molecule has 0 fully saturated rings. The molecule has 82 valence electrons. The molecule has 0 aliphatic carbocycles. The lowest BCUT2D eigenvalue weighted by Crippen LogP contribution is -1.99. The van der Waals surface area contributed by atoms with Crippen molar-refractivity contribution in [3.05, 3.63) is 41.2 Å². The van der Waals surface area contributed by atoms with Crippen LogP contribution in [0.1, 0.15) is 18.2 Å². The van der Waals surface area contributed by atoms with E-state index in [1.54, 1.807) is 23.7 Å². The standard InChI is InChI=1S/C11H12N4S/c1-8-7-16-11(13-8)15-14-9(2)10-3-5-12-6-4-10/h3-7H,1-2H3,(H,13,15)/b14-9-. The van der Waals surface area contributed by atoms with Gasteiger partial charge in [-0.3, -0.25) is 10.4 Å². The third-order valence-electron chi connectivity index (χ3n) is 2.04. The minimum atomic E-state index is 0.811. The van der Waals surface area contributed by atoms with Crippen LogP contribution in [0.5, 0.6) is 0 Å². The van der Waals surface area contributed by atoms with Gasteiger partial charge in [0.15, 0.2) is 0 Å². The summed E-state index contributed by atoms with van der Waals surface area (Å²) in [6.07, 6.45) is 3.50. The molecule has 0 spiro atoms. The third-order valence-corrected chi connectivity index (χ3v) is 2.90. The number of hydrazone groups is 1. The number of pyridine rings is 1. The van der Waals surface area contributed by atoms with Crippen LogP contribution in [0.3, 0.4) is 0 Å². The fourth-order valence-electron chi connectivity index (χ4n) is 1.19. The van der Waals surface area contributed by atoms with Gasteiger partial charge in [-0.1, -0.05) is 0 Å². The average Bonchev–Trinajstić information content (AvgIpc) is 2.73. The van der Waals surface area contributed by atoms with E-state index in [9.17, 15) is 0 Å². The molecule has 16 heavy (non-hydrogen) atoms. The first-order valence-electron chi connectivity index (χ1n) is 4.88. The number of aromatic nitrogens is 2. The molecular weight excluding hydrogens is 220 g/mol. The largest absolute Gasteiger partial charge is 0.265 e. The molecular formula is C11H12N4S. The topological polar surface area (TPSA) is 50.2 Å². The summed E-state index contributed by atoms with van der Waals surface area (Å²) < 4.78 is 0. The quantitative estimate of drug-likeness (QED) is 0.654. The highest BCUT2D eigenvalue weighted by Crippen LogP contribution is 2.14. The molecule has 0 aliphatic rings. The number of thiazole rings is 1. The smallest absolute Gasteiger partial charge is 0.203 e. The lowest BCUT2D eigenvalue weighted by molar-refractivity contribution is 1.21. The van der Waals surface area contributed by atoms with Gasteiger partial charge in [-0.15, -0.1) is 11.3 Å².